The molecule has 0 aliphatic rings. The molecule has 2 aromatic rings. The minimum absolute atomic E-state index is 0.907. The van der Waals surface area contributed by atoms with Crippen LogP contribution in [0.2, 0.25) is 19.6 Å². The molecule has 18 heavy (non-hydrogen) atoms. The predicted molar refractivity (Wildman–Crippen MR) is 80.7 cm³/mol. The van der Waals surface area contributed by atoms with Gasteiger partial charge in [0, 0.05) is 16.3 Å². The van der Waals surface area contributed by atoms with Gasteiger partial charge in [-0.3, -0.25) is 0 Å². The fourth-order valence-corrected chi connectivity index (χ4v) is 2.32. The van der Waals surface area contributed by atoms with Crippen molar-refractivity contribution in [3.05, 3.63) is 42.0 Å². The first kappa shape index (κ1) is 12.7. The van der Waals surface area contributed by atoms with Gasteiger partial charge in [-0.25, -0.2) is 0 Å². The lowest BCUT2D eigenvalue weighted by Crippen LogP contribution is -2.16. The van der Waals surface area contributed by atoms with Crippen molar-refractivity contribution in [2.24, 2.45) is 0 Å². The van der Waals surface area contributed by atoms with E-state index in [1.54, 1.807) is 7.11 Å². The number of hydrogen-bond donors (Lipinski definition) is 0. The van der Waals surface area contributed by atoms with E-state index in [2.05, 4.69) is 43.2 Å². The van der Waals surface area contributed by atoms with Crippen LogP contribution in [0.15, 0.2) is 36.4 Å². The molecule has 0 radical (unpaired) electrons. The number of methoxy groups -OCH3 is 1. The summed E-state index contributed by atoms with van der Waals surface area (Å²) in [5.41, 5.74) is 4.51. The van der Waals surface area contributed by atoms with Gasteiger partial charge in [0.2, 0.25) is 0 Å². The maximum Gasteiger partial charge on any atom is 0.129 e. The monoisotopic (exact) mass is 254 g/mol. The molecule has 0 spiro atoms. The van der Waals surface area contributed by atoms with Gasteiger partial charge in [0.25, 0.3) is 0 Å². The Morgan fingerprint density at radius 1 is 0.944 bits per heavy atom. The number of fused-ring (bicyclic) bond motifs is 1. The zero-order valence-electron chi connectivity index (χ0n) is 11.4. The molecular weight excluding hydrogens is 236 g/mol. The smallest absolute Gasteiger partial charge is 0.129 e. The van der Waals surface area contributed by atoms with Crippen LogP contribution in [0.1, 0.15) is 5.56 Å². The molecule has 0 saturated heterocycles. The fraction of sp³-hybridized carbons (Fsp3) is 0.250. The molecule has 0 amide bonds. The lowest BCUT2D eigenvalue weighted by molar-refractivity contribution is 0.420. The van der Waals surface area contributed by atoms with E-state index in [-0.39, 0.29) is 0 Å². The zero-order chi connectivity index (χ0) is 13.2. The maximum atomic E-state index is 5.39. The maximum absolute atomic E-state index is 5.39. The summed E-state index contributed by atoms with van der Waals surface area (Å²) in [4.78, 5) is 0. The second-order valence-electron chi connectivity index (χ2n) is 5.36. The number of rotatable bonds is 1. The van der Waals surface area contributed by atoms with E-state index >= 15 is 0 Å². The van der Waals surface area contributed by atoms with Gasteiger partial charge in [-0.2, -0.15) is 0 Å². The first-order chi connectivity index (χ1) is 8.51. The highest BCUT2D eigenvalue weighted by molar-refractivity contribution is 6.83. The summed E-state index contributed by atoms with van der Waals surface area (Å²) >= 11 is 0. The molecule has 0 N–H and O–H groups in total. The lowest BCUT2D eigenvalue weighted by atomic mass is 10.0. The Morgan fingerprint density at radius 2 is 1.61 bits per heavy atom. The van der Waals surface area contributed by atoms with E-state index < -0.39 is 8.07 Å². The Morgan fingerprint density at radius 3 is 2.22 bits per heavy atom. The molecule has 0 aliphatic carbocycles. The third-order valence-electron chi connectivity index (χ3n) is 2.68. The molecule has 0 saturated carbocycles. The van der Waals surface area contributed by atoms with Crippen LogP contribution < -0.4 is 4.74 Å². The van der Waals surface area contributed by atoms with Crippen molar-refractivity contribution < 1.29 is 4.74 Å². The third kappa shape index (κ3) is 2.75. The average molecular weight is 254 g/mol. The minimum atomic E-state index is -1.34. The SMILES string of the molecule is COc1ccc(C#C[Si](C)(C)C)c2ccccc12. The van der Waals surface area contributed by atoms with Gasteiger partial charge in [-0.15, -0.1) is 5.54 Å². The van der Waals surface area contributed by atoms with Crippen LogP contribution in [0.3, 0.4) is 0 Å². The minimum Gasteiger partial charge on any atom is -0.496 e. The summed E-state index contributed by atoms with van der Waals surface area (Å²) in [6.45, 7) is 6.77. The van der Waals surface area contributed by atoms with E-state index in [9.17, 15) is 0 Å². The van der Waals surface area contributed by atoms with Gasteiger partial charge < -0.3 is 4.74 Å². The van der Waals surface area contributed by atoms with Crippen LogP contribution in [0.4, 0.5) is 0 Å². The summed E-state index contributed by atoms with van der Waals surface area (Å²) < 4.78 is 5.39. The van der Waals surface area contributed by atoms with Crippen molar-refractivity contribution in [1.82, 2.24) is 0 Å². The Kier molecular flexibility index (Phi) is 3.45. The van der Waals surface area contributed by atoms with Gasteiger partial charge in [0.1, 0.15) is 13.8 Å². The molecule has 0 unspecified atom stereocenters. The molecule has 0 atom stereocenters. The quantitative estimate of drug-likeness (QED) is 0.550. The predicted octanol–water partition coefficient (Wildman–Crippen LogP) is 4.08. The van der Waals surface area contributed by atoms with Crippen LogP contribution in [0.25, 0.3) is 10.8 Å². The van der Waals surface area contributed by atoms with E-state index in [1.165, 1.54) is 5.39 Å². The molecule has 0 fully saturated rings. The molecular formula is C16H18OSi. The Bertz CT molecular complexity index is 627. The first-order valence-electron chi connectivity index (χ1n) is 6.10. The second-order valence-corrected chi connectivity index (χ2v) is 10.1. The van der Waals surface area contributed by atoms with E-state index in [4.69, 9.17) is 4.74 Å². The van der Waals surface area contributed by atoms with E-state index in [0.717, 1.165) is 16.7 Å². The van der Waals surface area contributed by atoms with Gasteiger partial charge in [0.05, 0.1) is 7.11 Å². The Labute approximate surface area is 110 Å². The molecule has 0 aromatic heterocycles. The molecule has 2 aromatic carbocycles. The molecule has 1 nitrogen and oxygen atoms in total. The van der Waals surface area contributed by atoms with Crippen LogP contribution in [-0.4, -0.2) is 15.2 Å². The van der Waals surface area contributed by atoms with Crippen LogP contribution in [-0.2, 0) is 0 Å². The van der Waals surface area contributed by atoms with Crippen molar-refractivity contribution >= 4 is 18.8 Å². The highest BCUT2D eigenvalue weighted by atomic mass is 28.3. The summed E-state index contributed by atoms with van der Waals surface area (Å²) in [6.07, 6.45) is 0. The first-order valence-corrected chi connectivity index (χ1v) is 9.60. The molecule has 2 rings (SSSR count). The lowest BCUT2D eigenvalue weighted by Gasteiger charge is -2.08. The second kappa shape index (κ2) is 4.87. The molecule has 2 heteroatoms. The summed E-state index contributed by atoms with van der Waals surface area (Å²) in [5, 5.41) is 2.30. The Hall–Kier alpha value is -1.72. The summed E-state index contributed by atoms with van der Waals surface area (Å²) in [6, 6.07) is 12.3. The third-order valence-corrected chi connectivity index (χ3v) is 3.55. The normalized spacial score (nSPS) is 10.9. The van der Waals surface area contributed by atoms with Crippen molar-refractivity contribution in [2.45, 2.75) is 19.6 Å². The van der Waals surface area contributed by atoms with Crippen molar-refractivity contribution in [2.75, 3.05) is 7.11 Å². The van der Waals surface area contributed by atoms with Crippen LogP contribution >= 0.6 is 0 Å². The summed E-state index contributed by atoms with van der Waals surface area (Å²) in [7, 11) is 0.362. The largest absolute Gasteiger partial charge is 0.496 e. The molecule has 0 bridgehead atoms. The Balaban J connectivity index is 2.63. The van der Waals surface area contributed by atoms with Crippen molar-refractivity contribution in [3.63, 3.8) is 0 Å². The van der Waals surface area contributed by atoms with E-state index in [0.29, 0.717) is 0 Å². The average Bonchev–Trinajstić information content (AvgIpc) is 2.35. The topological polar surface area (TPSA) is 9.23 Å². The fourth-order valence-electron chi connectivity index (χ4n) is 1.81. The number of ether oxygens (including phenoxy) is 1. The number of hydrogen-bond acceptors (Lipinski definition) is 1. The van der Waals surface area contributed by atoms with Crippen LogP contribution in [0.5, 0.6) is 5.75 Å². The van der Waals surface area contributed by atoms with Gasteiger partial charge in [-0.05, 0) is 12.1 Å². The van der Waals surface area contributed by atoms with Gasteiger partial charge >= 0.3 is 0 Å². The highest BCUT2D eigenvalue weighted by Gasteiger charge is 2.08. The molecule has 0 aliphatic heterocycles. The van der Waals surface area contributed by atoms with E-state index in [1.807, 2.05) is 24.3 Å². The van der Waals surface area contributed by atoms with Crippen LogP contribution in [0, 0.1) is 11.5 Å². The summed E-state index contributed by atoms with van der Waals surface area (Å²) in [5.74, 6) is 4.24. The zero-order valence-corrected chi connectivity index (χ0v) is 12.4. The standard InChI is InChI=1S/C16H18OSi/c1-17-16-10-9-13(11-12-18(2,3)4)14-7-5-6-8-15(14)16/h5-10H,1-4H3. The van der Waals surface area contributed by atoms with Gasteiger partial charge in [-0.1, -0.05) is 49.8 Å². The molecule has 0 heterocycles. The van der Waals surface area contributed by atoms with Crippen molar-refractivity contribution in [3.8, 4) is 17.2 Å². The van der Waals surface area contributed by atoms with Crippen molar-refractivity contribution in [1.29, 1.82) is 0 Å². The van der Waals surface area contributed by atoms with Gasteiger partial charge in [0.15, 0.2) is 0 Å². The number of benzene rings is 2. The molecule has 92 valence electrons. The highest BCUT2D eigenvalue weighted by Crippen LogP contribution is 2.27.